The molecule has 0 bridgehead atoms. The summed E-state index contributed by atoms with van der Waals surface area (Å²) in [4.78, 5) is 22.0. The predicted octanol–water partition coefficient (Wildman–Crippen LogP) is 1.24. The topological polar surface area (TPSA) is 141 Å². The molecule has 0 aliphatic heterocycles. The molecule has 0 aromatic carbocycles. The number of nitrogens with one attached hydrogen (secondary N) is 1. The van der Waals surface area contributed by atoms with E-state index in [1.807, 2.05) is 17.0 Å². The Morgan fingerprint density at radius 2 is 1.32 bits per heavy atom. The van der Waals surface area contributed by atoms with Crippen molar-refractivity contribution in [1.82, 2.24) is 5.32 Å². The molecular weight excluding hydrogens is 644 g/mol. The lowest BCUT2D eigenvalue weighted by Gasteiger charge is -2.28. The summed E-state index contributed by atoms with van der Waals surface area (Å²) in [5.41, 5.74) is 2.69. The molecule has 0 aliphatic carbocycles. The fourth-order valence-electron chi connectivity index (χ4n) is 3.91. The number of ether oxygens (including phenoxy) is 5. The van der Waals surface area contributed by atoms with Crippen LogP contribution < -0.4 is 14.5 Å². The van der Waals surface area contributed by atoms with Crippen LogP contribution in [0.5, 0.6) is 0 Å². The molecule has 2 aromatic rings. The van der Waals surface area contributed by atoms with Crippen molar-refractivity contribution in [1.29, 1.82) is 0 Å². The summed E-state index contributed by atoms with van der Waals surface area (Å²) < 4.78 is 31.4. The van der Waals surface area contributed by atoms with Crippen LogP contribution in [0.2, 0.25) is 0 Å². The van der Waals surface area contributed by atoms with Gasteiger partial charge in [-0.25, -0.2) is 13.9 Å². The fraction of sp³-hybridized carbons (Fsp3) is 0.568. The third-order valence-electron chi connectivity index (χ3n) is 7.45. The first-order valence-corrected chi connectivity index (χ1v) is 17.1. The Kier molecular flexibility index (Phi) is 23.4. The van der Waals surface area contributed by atoms with Crippen LogP contribution in [0.4, 0.5) is 0 Å². The molecule has 0 aliphatic rings. The molecule has 280 valence electrons. The smallest absolute Gasteiger partial charge is 0.333 e. The summed E-state index contributed by atoms with van der Waals surface area (Å²) in [5, 5.41) is 22.1. The minimum absolute atomic E-state index is 0.127. The molecule has 0 saturated carbocycles. The van der Waals surface area contributed by atoms with Crippen molar-refractivity contribution in [3.05, 3.63) is 73.9 Å². The van der Waals surface area contributed by atoms with E-state index in [2.05, 4.69) is 87.6 Å². The third-order valence-corrected chi connectivity index (χ3v) is 7.45. The first-order chi connectivity index (χ1) is 23.9. The summed E-state index contributed by atoms with van der Waals surface area (Å²) >= 11 is 0. The van der Waals surface area contributed by atoms with Crippen LogP contribution in [0.1, 0.15) is 20.8 Å². The van der Waals surface area contributed by atoms with Gasteiger partial charge in [-0.1, -0.05) is 13.2 Å². The highest BCUT2D eigenvalue weighted by molar-refractivity contribution is 5.87. The van der Waals surface area contributed by atoms with Gasteiger partial charge in [-0.2, -0.15) is 0 Å². The lowest BCUT2D eigenvalue weighted by molar-refractivity contribution is -0.888. The van der Waals surface area contributed by atoms with Gasteiger partial charge in [0.15, 0.2) is 31.3 Å². The van der Waals surface area contributed by atoms with E-state index in [1.165, 1.54) is 11.6 Å². The van der Waals surface area contributed by atoms with Gasteiger partial charge in [0.25, 0.3) is 0 Å². The summed E-state index contributed by atoms with van der Waals surface area (Å²) in [5.74, 6) is -0.671. The van der Waals surface area contributed by atoms with Crippen LogP contribution in [-0.4, -0.2) is 132 Å². The minimum Gasteiger partial charge on any atom is -0.460 e. The highest BCUT2D eigenvalue weighted by atomic mass is 16.6. The average molecular weight is 706 g/mol. The number of esters is 1. The number of hydrogen-bond acceptors (Lipinski definition) is 9. The number of carbonyl (C=O) groups excluding carboxylic acids is 2. The van der Waals surface area contributed by atoms with E-state index in [0.717, 1.165) is 29.7 Å². The Balaban J connectivity index is 0.000000546. The van der Waals surface area contributed by atoms with Gasteiger partial charge in [-0.15, -0.1) is 0 Å². The van der Waals surface area contributed by atoms with Crippen molar-refractivity contribution in [2.45, 2.75) is 46.1 Å². The Morgan fingerprint density at radius 1 is 0.820 bits per heavy atom. The van der Waals surface area contributed by atoms with Crippen LogP contribution in [0.25, 0.3) is 11.1 Å². The van der Waals surface area contributed by atoms with Gasteiger partial charge in [-0.05, 0) is 38.0 Å². The lowest BCUT2D eigenvalue weighted by Crippen LogP contribution is -2.42. The normalized spacial score (nSPS) is 12.3. The van der Waals surface area contributed by atoms with Crippen molar-refractivity contribution < 1.29 is 57.1 Å². The molecular formula is C37H61N4O9+3. The second kappa shape index (κ2) is 26.3. The van der Waals surface area contributed by atoms with Gasteiger partial charge < -0.3 is 43.7 Å². The maximum atomic E-state index is 11.2. The van der Waals surface area contributed by atoms with Gasteiger partial charge in [0.2, 0.25) is 5.91 Å². The Labute approximate surface area is 298 Å². The van der Waals surface area contributed by atoms with Gasteiger partial charge >= 0.3 is 5.97 Å². The summed E-state index contributed by atoms with van der Waals surface area (Å²) in [6.45, 7) is 19.3. The number of aliphatic hydroxyl groups is 2. The van der Waals surface area contributed by atoms with E-state index in [4.69, 9.17) is 23.7 Å². The highest BCUT2D eigenvalue weighted by Gasteiger charge is 2.12. The molecule has 2 heterocycles. The number of rotatable bonds is 25. The zero-order valence-electron chi connectivity index (χ0n) is 30.8. The first-order valence-electron chi connectivity index (χ1n) is 17.1. The van der Waals surface area contributed by atoms with Crippen molar-refractivity contribution >= 4 is 11.9 Å². The molecule has 13 heteroatoms. The molecule has 0 spiro atoms. The number of aliphatic hydroxyl groups excluding tert-OH is 2. The summed E-state index contributed by atoms with van der Waals surface area (Å²) in [6.07, 6.45) is 8.04. The van der Waals surface area contributed by atoms with Crippen LogP contribution in [0.3, 0.4) is 0 Å². The third kappa shape index (κ3) is 21.5. The summed E-state index contributed by atoms with van der Waals surface area (Å²) in [6, 6.07) is 8.38. The number of pyridine rings is 2. The molecule has 1 amide bonds. The molecule has 2 rings (SSSR count). The van der Waals surface area contributed by atoms with E-state index < -0.39 is 18.2 Å². The Bertz CT molecular complexity index is 1240. The number of hydrogen-bond donors (Lipinski definition) is 3. The van der Waals surface area contributed by atoms with Gasteiger partial charge in [0.1, 0.15) is 38.5 Å². The number of aromatic nitrogens is 2. The Morgan fingerprint density at radius 3 is 1.82 bits per heavy atom. The molecule has 3 N–H and O–H groups in total. The summed E-state index contributed by atoms with van der Waals surface area (Å²) in [7, 11) is 4.28. The SMILES string of the molecule is C=C(C)C(=O)OCCOCC(O)COCC[n+]1ccc(-c2cc[n+](CC)cc2)cc1.C=CC(=O)NCCOCC(O)COCC[N+](C)(C)CC. The van der Waals surface area contributed by atoms with Crippen molar-refractivity contribution in [3.8, 4) is 11.1 Å². The van der Waals surface area contributed by atoms with Crippen molar-refractivity contribution in [2.24, 2.45) is 0 Å². The van der Waals surface area contributed by atoms with Crippen LogP contribution in [0, 0.1) is 0 Å². The second-order valence-corrected chi connectivity index (χ2v) is 12.2. The van der Waals surface area contributed by atoms with Crippen LogP contribution >= 0.6 is 0 Å². The zero-order chi connectivity index (χ0) is 37.2. The molecule has 13 nitrogen and oxygen atoms in total. The van der Waals surface area contributed by atoms with Crippen LogP contribution in [-0.2, 0) is 46.4 Å². The van der Waals surface area contributed by atoms with Crippen molar-refractivity contribution in [2.75, 3.05) is 93.2 Å². The molecule has 2 atom stereocenters. The van der Waals surface area contributed by atoms with Gasteiger partial charge in [0.05, 0.1) is 66.9 Å². The van der Waals surface area contributed by atoms with E-state index >= 15 is 0 Å². The zero-order valence-corrected chi connectivity index (χ0v) is 30.8. The molecule has 0 fully saturated rings. The highest BCUT2D eigenvalue weighted by Crippen LogP contribution is 2.15. The maximum absolute atomic E-state index is 11.2. The first kappa shape index (κ1) is 44.5. The Hall–Kier alpha value is -3.56. The van der Waals surface area contributed by atoms with Crippen LogP contribution in [0.15, 0.2) is 73.9 Å². The monoisotopic (exact) mass is 705 g/mol. The second-order valence-electron chi connectivity index (χ2n) is 12.2. The fourth-order valence-corrected chi connectivity index (χ4v) is 3.91. The number of quaternary nitrogens is 1. The number of nitrogens with zero attached hydrogens (tertiary/aromatic N) is 3. The predicted molar refractivity (Wildman–Crippen MR) is 190 cm³/mol. The molecule has 2 aromatic heterocycles. The number of likely N-dealkylation sites (N-methyl/N-ethyl adjacent to an activating group) is 1. The quantitative estimate of drug-likeness (QED) is 0.0458. The van der Waals surface area contributed by atoms with E-state index in [9.17, 15) is 19.8 Å². The van der Waals surface area contributed by atoms with Crippen molar-refractivity contribution in [3.63, 3.8) is 0 Å². The van der Waals surface area contributed by atoms with Gasteiger partial charge in [0, 0.05) is 36.4 Å². The average Bonchev–Trinajstić information content (AvgIpc) is 3.12. The maximum Gasteiger partial charge on any atom is 0.333 e. The number of aryl methyl sites for hydroxylation is 1. The van der Waals surface area contributed by atoms with Gasteiger partial charge in [-0.3, -0.25) is 4.79 Å². The number of carbonyl (C=O) groups is 2. The van der Waals surface area contributed by atoms with E-state index in [-0.39, 0.29) is 45.5 Å². The standard InChI is InChI=1S/C23H32N2O5.C14H28N2O4/c1-4-24-9-5-20(6-10-24)21-7-11-25(12-8-21)13-14-28-17-22(26)18-29-15-16-30-23(27)19(2)3;1-5-14(18)15-7-9-19-11-13(17)12-20-10-8-16(3,4)6-2/h5-12,22,26H,2,4,13-18H2,1,3H3;5,13,17H,1,6-12H2,2-4H3/q+2;/p+1. The van der Waals surface area contributed by atoms with E-state index in [0.29, 0.717) is 38.5 Å². The minimum atomic E-state index is -0.724. The molecule has 2 unspecified atom stereocenters. The lowest BCUT2D eigenvalue weighted by atomic mass is 10.1. The van der Waals surface area contributed by atoms with E-state index in [1.54, 1.807) is 6.92 Å². The molecule has 0 saturated heterocycles. The number of amides is 1. The molecule has 50 heavy (non-hydrogen) atoms. The molecule has 0 radical (unpaired) electrons. The largest absolute Gasteiger partial charge is 0.460 e.